The van der Waals surface area contributed by atoms with Crippen LogP contribution in [0.15, 0.2) is 84.9 Å². The van der Waals surface area contributed by atoms with Gasteiger partial charge in [-0.1, -0.05) is 72.8 Å². The summed E-state index contributed by atoms with van der Waals surface area (Å²) in [6.45, 7) is 0. The van der Waals surface area contributed by atoms with Crippen LogP contribution < -0.4 is 0 Å². The molecule has 0 atom stereocenters. The summed E-state index contributed by atoms with van der Waals surface area (Å²) in [5.41, 5.74) is 3.21. The Labute approximate surface area is 151 Å². The third-order valence-corrected chi connectivity index (χ3v) is 3.95. The predicted octanol–water partition coefficient (Wildman–Crippen LogP) is 4.74. The summed E-state index contributed by atoms with van der Waals surface area (Å²) >= 11 is 0. The maximum Gasteiger partial charge on any atom is 0.164 e. The van der Waals surface area contributed by atoms with Gasteiger partial charge in [-0.3, -0.25) is 0 Å². The van der Waals surface area contributed by atoms with Gasteiger partial charge in [-0.2, -0.15) is 5.26 Å². The van der Waals surface area contributed by atoms with E-state index in [1.54, 1.807) is 12.1 Å². The molecule has 0 radical (unpaired) electrons. The molecule has 0 saturated heterocycles. The second-order valence-electron chi connectivity index (χ2n) is 5.73. The molecule has 4 rings (SSSR count). The molecule has 0 N–H and O–H groups in total. The van der Waals surface area contributed by atoms with Crippen LogP contribution in [-0.2, 0) is 0 Å². The lowest BCUT2D eigenvalue weighted by molar-refractivity contribution is 1.07. The lowest BCUT2D eigenvalue weighted by Crippen LogP contribution is -2.00. The van der Waals surface area contributed by atoms with Crippen molar-refractivity contribution in [2.45, 2.75) is 0 Å². The molecule has 4 heteroatoms. The highest BCUT2D eigenvalue weighted by Crippen LogP contribution is 2.24. The van der Waals surface area contributed by atoms with E-state index in [-0.39, 0.29) is 0 Å². The van der Waals surface area contributed by atoms with E-state index in [9.17, 15) is 5.26 Å². The molecule has 0 spiro atoms. The highest BCUT2D eigenvalue weighted by Gasteiger charge is 2.12. The normalized spacial score (nSPS) is 10.3. The van der Waals surface area contributed by atoms with Crippen LogP contribution in [0.5, 0.6) is 0 Å². The summed E-state index contributed by atoms with van der Waals surface area (Å²) in [6, 6.07) is 29.1. The van der Waals surface area contributed by atoms with Crippen LogP contribution in [0.2, 0.25) is 0 Å². The molecule has 1 aromatic heterocycles. The Morgan fingerprint density at radius 1 is 0.538 bits per heavy atom. The summed E-state index contributed by atoms with van der Waals surface area (Å²) in [5, 5.41) is 9.17. The van der Waals surface area contributed by atoms with E-state index >= 15 is 0 Å². The number of aromatic nitrogens is 3. The number of nitriles is 1. The Balaban J connectivity index is 1.92. The van der Waals surface area contributed by atoms with E-state index in [0.29, 0.717) is 23.0 Å². The molecule has 4 nitrogen and oxygen atoms in total. The SMILES string of the molecule is N#Cc1cccc(-c2nc(-c3ccccc3)nc(-c3ccccc3)n2)c1. The lowest BCUT2D eigenvalue weighted by atomic mass is 10.1. The molecule has 4 aromatic rings. The molecule has 0 amide bonds. The first-order valence-electron chi connectivity index (χ1n) is 8.21. The van der Waals surface area contributed by atoms with Crippen molar-refractivity contribution in [1.29, 1.82) is 5.26 Å². The summed E-state index contributed by atoms with van der Waals surface area (Å²) in [4.78, 5) is 13.9. The molecule has 0 unspecified atom stereocenters. The van der Waals surface area contributed by atoms with Crippen molar-refractivity contribution in [3.8, 4) is 40.2 Å². The summed E-state index contributed by atoms with van der Waals surface area (Å²) in [5.74, 6) is 1.77. The Morgan fingerprint density at radius 2 is 1.00 bits per heavy atom. The zero-order chi connectivity index (χ0) is 17.8. The first-order chi connectivity index (χ1) is 12.8. The lowest BCUT2D eigenvalue weighted by Gasteiger charge is -2.08. The van der Waals surface area contributed by atoms with E-state index in [4.69, 9.17) is 0 Å². The molecule has 0 saturated carbocycles. The largest absolute Gasteiger partial charge is 0.208 e. The average molecular weight is 334 g/mol. The monoisotopic (exact) mass is 334 g/mol. The summed E-state index contributed by atoms with van der Waals surface area (Å²) in [7, 11) is 0. The van der Waals surface area contributed by atoms with Crippen LogP contribution in [0.1, 0.15) is 5.56 Å². The van der Waals surface area contributed by atoms with E-state index in [1.807, 2.05) is 72.8 Å². The van der Waals surface area contributed by atoms with Gasteiger partial charge in [0.25, 0.3) is 0 Å². The topological polar surface area (TPSA) is 62.5 Å². The van der Waals surface area contributed by atoms with Crippen molar-refractivity contribution in [3.05, 3.63) is 90.5 Å². The van der Waals surface area contributed by atoms with Gasteiger partial charge in [-0.25, -0.2) is 15.0 Å². The standard InChI is InChI=1S/C22H14N4/c23-15-16-8-7-13-19(14-16)22-25-20(17-9-3-1-4-10-17)24-21(26-22)18-11-5-2-6-12-18/h1-14H. The van der Waals surface area contributed by atoms with Gasteiger partial charge in [0.05, 0.1) is 11.6 Å². The van der Waals surface area contributed by atoms with Crippen LogP contribution in [-0.4, -0.2) is 15.0 Å². The van der Waals surface area contributed by atoms with Crippen LogP contribution in [0.4, 0.5) is 0 Å². The molecule has 0 fully saturated rings. The molecule has 26 heavy (non-hydrogen) atoms. The number of nitrogens with zero attached hydrogens (tertiary/aromatic N) is 4. The predicted molar refractivity (Wildman–Crippen MR) is 101 cm³/mol. The third kappa shape index (κ3) is 3.19. The van der Waals surface area contributed by atoms with Crippen molar-refractivity contribution in [3.63, 3.8) is 0 Å². The minimum Gasteiger partial charge on any atom is -0.208 e. The minimum absolute atomic E-state index is 0.551. The number of rotatable bonds is 3. The first kappa shape index (κ1) is 15.7. The van der Waals surface area contributed by atoms with E-state index in [1.165, 1.54) is 0 Å². The van der Waals surface area contributed by atoms with Gasteiger partial charge in [0.15, 0.2) is 17.5 Å². The Hall–Kier alpha value is -3.84. The smallest absolute Gasteiger partial charge is 0.164 e. The van der Waals surface area contributed by atoms with Gasteiger partial charge in [0, 0.05) is 16.7 Å². The molecular formula is C22H14N4. The van der Waals surface area contributed by atoms with Gasteiger partial charge >= 0.3 is 0 Å². The highest BCUT2D eigenvalue weighted by atomic mass is 15.0. The first-order valence-corrected chi connectivity index (χ1v) is 8.21. The second-order valence-corrected chi connectivity index (χ2v) is 5.73. The molecule has 0 aliphatic heterocycles. The minimum atomic E-state index is 0.551. The maximum absolute atomic E-state index is 9.17. The zero-order valence-electron chi connectivity index (χ0n) is 13.9. The fourth-order valence-electron chi connectivity index (χ4n) is 2.67. The van der Waals surface area contributed by atoms with E-state index < -0.39 is 0 Å². The van der Waals surface area contributed by atoms with Crippen molar-refractivity contribution in [2.75, 3.05) is 0 Å². The molecular weight excluding hydrogens is 320 g/mol. The molecule has 1 heterocycles. The van der Waals surface area contributed by atoms with Crippen LogP contribution in [0.3, 0.4) is 0 Å². The molecule has 122 valence electrons. The van der Waals surface area contributed by atoms with Crippen LogP contribution >= 0.6 is 0 Å². The average Bonchev–Trinajstić information content (AvgIpc) is 2.75. The molecule has 0 aliphatic rings. The van der Waals surface area contributed by atoms with Gasteiger partial charge in [-0.05, 0) is 12.1 Å². The van der Waals surface area contributed by atoms with Crippen molar-refractivity contribution >= 4 is 0 Å². The highest BCUT2D eigenvalue weighted by molar-refractivity contribution is 5.66. The van der Waals surface area contributed by atoms with E-state index in [0.717, 1.165) is 16.7 Å². The summed E-state index contributed by atoms with van der Waals surface area (Å²) < 4.78 is 0. The zero-order valence-corrected chi connectivity index (χ0v) is 13.9. The van der Waals surface area contributed by atoms with Gasteiger partial charge < -0.3 is 0 Å². The van der Waals surface area contributed by atoms with Crippen molar-refractivity contribution in [2.24, 2.45) is 0 Å². The quantitative estimate of drug-likeness (QED) is 0.542. The van der Waals surface area contributed by atoms with Crippen molar-refractivity contribution < 1.29 is 0 Å². The van der Waals surface area contributed by atoms with Gasteiger partial charge in [0.2, 0.25) is 0 Å². The van der Waals surface area contributed by atoms with Crippen LogP contribution in [0.25, 0.3) is 34.2 Å². The second kappa shape index (κ2) is 6.96. The van der Waals surface area contributed by atoms with Crippen LogP contribution in [0, 0.1) is 11.3 Å². The fourth-order valence-corrected chi connectivity index (χ4v) is 2.67. The van der Waals surface area contributed by atoms with Gasteiger partial charge in [-0.15, -0.1) is 0 Å². The molecule has 0 aliphatic carbocycles. The Morgan fingerprint density at radius 3 is 1.50 bits per heavy atom. The van der Waals surface area contributed by atoms with Crippen molar-refractivity contribution in [1.82, 2.24) is 15.0 Å². The third-order valence-electron chi connectivity index (χ3n) is 3.95. The molecule has 0 bridgehead atoms. The number of hydrogen-bond acceptors (Lipinski definition) is 4. The summed E-state index contributed by atoms with van der Waals surface area (Å²) in [6.07, 6.45) is 0. The van der Waals surface area contributed by atoms with E-state index in [2.05, 4.69) is 21.0 Å². The number of benzene rings is 3. The van der Waals surface area contributed by atoms with Gasteiger partial charge in [0.1, 0.15) is 0 Å². The Bertz CT molecular complexity index is 1030. The molecule has 3 aromatic carbocycles. The fraction of sp³-hybridized carbons (Fsp3) is 0. The number of hydrogen-bond donors (Lipinski definition) is 0. The maximum atomic E-state index is 9.17. The Kier molecular flexibility index (Phi) is 4.19.